The Hall–Kier alpha value is -0.810. The molecule has 1 unspecified atom stereocenters. The maximum atomic E-state index is 12.2. The molecule has 104 valence electrons. The van der Waals surface area contributed by atoms with Crippen LogP contribution in [0.15, 0.2) is 0 Å². The molecule has 1 aliphatic carbocycles. The lowest BCUT2D eigenvalue weighted by atomic mass is 9.93. The summed E-state index contributed by atoms with van der Waals surface area (Å²) in [5.74, 6) is 0. The van der Waals surface area contributed by atoms with Crippen molar-refractivity contribution in [2.24, 2.45) is 0 Å². The zero-order valence-corrected chi connectivity index (χ0v) is 11.4. The van der Waals surface area contributed by atoms with Gasteiger partial charge in [-0.3, -0.25) is 0 Å². The number of hydrogen-bond acceptors (Lipinski definition) is 3. The Balaban J connectivity index is 1.80. The van der Waals surface area contributed by atoms with E-state index in [0.29, 0.717) is 0 Å². The minimum Gasteiger partial charge on any atom is -0.393 e. The third-order valence-corrected chi connectivity index (χ3v) is 4.12. The molecule has 2 amide bonds. The standard InChI is InChI=1S/C13H25N3O2/c1-10-9-15(2)7-8-16(10)13(18)14-11-3-5-12(17)6-4-11/h10-12,17H,3-9H2,1-2H3,(H,14,18). The Morgan fingerprint density at radius 3 is 2.50 bits per heavy atom. The van der Waals surface area contributed by atoms with Gasteiger partial charge in [0.05, 0.1) is 6.10 Å². The van der Waals surface area contributed by atoms with Crippen LogP contribution >= 0.6 is 0 Å². The number of amides is 2. The second-order valence-corrected chi connectivity index (χ2v) is 5.76. The van der Waals surface area contributed by atoms with Gasteiger partial charge in [-0.25, -0.2) is 4.79 Å². The summed E-state index contributed by atoms with van der Waals surface area (Å²) in [7, 11) is 2.09. The predicted octanol–water partition coefficient (Wildman–Crippen LogP) is 0.635. The average molecular weight is 255 g/mol. The molecule has 0 bridgehead atoms. The molecule has 0 aromatic heterocycles. The maximum absolute atomic E-state index is 12.2. The molecule has 2 N–H and O–H groups in total. The molecule has 5 nitrogen and oxygen atoms in total. The largest absolute Gasteiger partial charge is 0.393 e. The van der Waals surface area contributed by atoms with Crippen LogP contribution in [0.2, 0.25) is 0 Å². The quantitative estimate of drug-likeness (QED) is 0.723. The van der Waals surface area contributed by atoms with E-state index in [1.54, 1.807) is 0 Å². The molecule has 2 aliphatic rings. The monoisotopic (exact) mass is 255 g/mol. The normalized spacial score (nSPS) is 34.4. The molecular weight excluding hydrogens is 230 g/mol. The van der Waals surface area contributed by atoms with E-state index in [1.807, 2.05) is 4.90 Å². The topological polar surface area (TPSA) is 55.8 Å². The van der Waals surface area contributed by atoms with Crippen molar-refractivity contribution in [3.8, 4) is 0 Å². The Bertz CT molecular complexity index is 290. The van der Waals surface area contributed by atoms with Crippen LogP contribution in [-0.2, 0) is 0 Å². The summed E-state index contributed by atoms with van der Waals surface area (Å²) in [5, 5.41) is 12.6. The van der Waals surface area contributed by atoms with Gasteiger partial charge in [0.25, 0.3) is 0 Å². The van der Waals surface area contributed by atoms with E-state index in [4.69, 9.17) is 0 Å². The van der Waals surface area contributed by atoms with Gasteiger partial charge in [-0.1, -0.05) is 0 Å². The molecule has 5 heteroatoms. The van der Waals surface area contributed by atoms with Crippen LogP contribution in [0.25, 0.3) is 0 Å². The number of hydrogen-bond donors (Lipinski definition) is 2. The third kappa shape index (κ3) is 3.36. The van der Waals surface area contributed by atoms with Crippen LogP contribution in [0.4, 0.5) is 4.79 Å². The van der Waals surface area contributed by atoms with E-state index in [0.717, 1.165) is 45.3 Å². The molecule has 1 saturated carbocycles. The maximum Gasteiger partial charge on any atom is 0.317 e. The van der Waals surface area contributed by atoms with Gasteiger partial charge in [0.2, 0.25) is 0 Å². The second kappa shape index (κ2) is 5.89. The molecule has 0 spiro atoms. The molecule has 1 atom stereocenters. The number of nitrogens with one attached hydrogen (secondary N) is 1. The smallest absolute Gasteiger partial charge is 0.317 e. The fourth-order valence-corrected chi connectivity index (χ4v) is 2.92. The van der Waals surface area contributed by atoms with Crippen molar-refractivity contribution in [1.82, 2.24) is 15.1 Å². The Morgan fingerprint density at radius 1 is 1.22 bits per heavy atom. The molecule has 1 heterocycles. The summed E-state index contributed by atoms with van der Waals surface area (Å²) < 4.78 is 0. The highest BCUT2D eigenvalue weighted by atomic mass is 16.3. The van der Waals surface area contributed by atoms with Crippen molar-refractivity contribution in [3.63, 3.8) is 0 Å². The summed E-state index contributed by atoms with van der Waals surface area (Å²) in [6.07, 6.45) is 3.25. The molecule has 18 heavy (non-hydrogen) atoms. The number of carbonyl (C=O) groups excluding carboxylic acids is 1. The van der Waals surface area contributed by atoms with Crippen LogP contribution < -0.4 is 5.32 Å². The molecule has 0 aromatic carbocycles. The van der Waals surface area contributed by atoms with Gasteiger partial charge < -0.3 is 20.2 Å². The first-order chi connectivity index (χ1) is 8.56. The van der Waals surface area contributed by atoms with E-state index in [-0.39, 0.29) is 24.2 Å². The van der Waals surface area contributed by atoms with E-state index < -0.39 is 0 Å². The lowest BCUT2D eigenvalue weighted by Crippen LogP contribution is -2.57. The lowest BCUT2D eigenvalue weighted by molar-refractivity contribution is 0.100. The van der Waals surface area contributed by atoms with Gasteiger partial charge >= 0.3 is 6.03 Å². The fourth-order valence-electron chi connectivity index (χ4n) is 2.92. The fraction of sp³-hybridized carbons (Fsp3) is 0.923. The number of urea groups is 1. The van der Waals surface area contributed by atoms with Crippen molar-refractivity contribution in [1.29, 1.82) is 0 Å². The van der Waals surface area contributed by atoms with Crippen LogP contribution in [0.3, 0.4) is 0 Å². The van der Waals surface area contributed by atoms with E-state index >= 15 is 0 Å². The predicted molar refractivity (Wildman–Crippen MR) is 70.5 cm³/mol. The van der Waals surface area contributed by atoms with E-state index in [2.05, 4.69) is 24.2 Å². The first-order valence-electron chi connectivity index (χ1n) is 7.00. The number of aliphatic hydroxyl groups is 1. The minimum atomic E-state index is -0.166. The van der Waals surface area contributed by atoms with Crippen molar-refractivity contribution in [3.05, 3.63) is 0 Å². The number of rotatable bonds is 1. The summed E-state index contributed by atoms with van der Waals surface area (Å²) in [4.78, 5) is 16.4. The molecule has 2 rings (SSSR count). The summed E-state index contributed by atoms with van der Waals surface area (Å²) in [6, 6.07) is 0.586. The Labute approximate surface area is 109 Å². The van der Waals surface area contributed by atoms with Crippen molar-refractivity contribution < 1.29 is 9.90 Å². The zero-order chi connectivity index (χ0) is 13.1. The average Bonchev–Trinajstić information content (AvgIpc) is 2.32. The molecule has 1 aliphatic heterocycles. The molecule has 2 fully saturated rings. The van der Waals surface area contributed by atoms with Crippen LogP contribution in [0.5, 0.6) is 0 Å². The van der Waals surface area contributed by atoms with Gasteiger partial charge in [-0.05, 0) is 39.7 Å². The van der Waals surface area contributed by atoms with Crippen LogP contribution in [-0.4, -0.2) is 65.8 Å². The zero-order valence-electron chi connectivity index (χ0n) is 11.4. The third-order valence-electron chi connectivity index (χ3n) is 4.12. The van der Waals surface area contributed by atoms with Crippen molar-refractivity contribution >= 4 is 6.03 Å². The number of carbonyl (C=O) groups is 1. The highest BCUT2D eigenvalue weighted by Crippen LogP contribution is 2.19. The van der Waals surface area contributed by atoms with Gasteiger partial charge in [0.1, 0.15) is 0 Å². The first-order valence-corrected chi connectivity index (χ1v) is 7.00. The first kappa shape index (κ1) is 13.6. The highest BCUT2D eigenvalue weighted by Gasteiger charge is 2.28. The number of piperazine rings is 1. The van der Waals surface area contributed by atoms with Gasteiger partial charge in [0, 0.05) is 31.7 Å². The summed E-state index contributed by atoms with van der Waals surface area (Å²) in [6.45, 7) is 4.79. The van der Waals surface area contributed by atoms with Gasteiger partial charge in [-0.15, -0.1) is 0 Å². The summed E-state index contributed by atoms with van der Waals surface area (Å²) >= 11 is 0. The van der Waals surface area contributed by atoms with E-state index in [1.165, 1.54) is 0 Å². The Kier molecular flexibility index (Phi) is 4.45. The Morgan fingerprint density at radius 2 is 1.89 bits per heavy atom. The number of nitrogens with zero attached hydrogens (tertiary/aromatic N) is 2. The molecule has 0 radical (unpaired) electrons. The van der Waals surface area contributed by atoms with E-state index in [9.17, 15) is 9.90 Å². The minimum absolute atomic E-state index is 0.0667. The molecule has 1 saturated heterocycles. The highest BCUT2D eigenvalue weighted by molar-refractivity contribution is 5.75. The van der Waals surface area contributed by atoms with Crippen LogP contribution in [0.1, 0.15) is 32.6 Å². The van der Waals surface area contributed by atoms with Crippen molar-refractivity contribution in [2.45, 2.75) is 50.8 Å². The van der Waals surface area contributed by atoms with Crippen molar-refractivity contribution in [2.75, 3.05) is 26.7 Å². The second-order valence-electron chi connectivity index (χ2n) is 5.76. The molecular formula is C13H25N3O2. The lowest BCUT2D eigenvalue weighted by Gasteiger charge is -2.39. The SMILES string of the molecule is CC1CN(C)CCN1C(=O)NC1CCC(O)CC1. The van der Waals surface area contributed by atoms with Crippen LogP contribution in [0, 0.1) is 0 Å². The number of aliphatic hydroxyl groups excluding tert-OH is 1. The van der Waals surface area contributed by atoms with Gasteiger partial charge in [0.15, 0.2) is 0 Å². The van der Waals surface area contributed by atoms with Gasteiger partial charge in [-0.2, -0.15) is 0 Å². The number of likely N-dealkylation sites (N-methyl/N-ethyl adjacent to an activating group) is 1. The molecule has 0 aromatic rings. The summed E-state index contributed by atoms with van der Waals surface area (Å²) in [5.41, 5.74) is 0.